The van der Waals surface area contributed by atoms with Crippen LogP contribution in [-0.4, -0.2) is 15.8 Å². The highest BCUT2D eigenvalue weighted by atomic mass is 79.9. The Kier molecular flexibility index (Phi) is 2.79. The number of aromatic amines is 1. The Morgan fingerprint density at radius 3 is 3.00 bits per heavy atom. The zero-order valence-corrected chi connectivity index (χ0v) is 9.56. The maximum atomic E-state index is 11.6. The lowest BCUT2D eigenvalue weighted by atomic mass is 10.2. The molecular weight excluding hydrogens is 264 g/mol. The number of Topliss-reactive ketones (excluding diaryl/α,β-unsaturated/α-hetero) is 1. The minimum Gasteiger partial charge on any atom is -0.342 e. The predicted octanol–water partition coefficient (Wildman–Crippen LogP) is 2.66. The van der Waals surface area contributed by atoms with E-state index in [2.05, 4.69) is 25.9 Å². The quantitative estimate of drug-likeness (QED) is 0.872. The molecule has 0 saturated carbocycles. The number of thiophene rings is 1. The fraction of sp³-hybridized carbons (Fsp3) is 0.111. The van der Waals surface area contributed by atoms with Crippen molar-refractivity contribution < 1.29 is 4.79 Å². The number of nitrogens with zero attached hydrogens (tertiary/aromatic N) is 1. The third-order valence-electron chi connectivity index (χ3n) is 1.73. The molecule has 0 radical (unpaired) electrons. The van der Waals surface area contributed by atoms with E-state index in [0.717, 1.165) is 8.66 Å². The molecule has 0 saturated heterocycles. The molecule has 0 atom stereocenters. The number of halogens is 1. The van der Waals surface area contributed by atoms with Crippen molar-refractivity contribution in [1.29, 1.82) is 0 Å². The summed E-state index contributed by atoms with van der Waals surface area (Å²) in [7, 11) is 0. The van der Waals surface area contributed by atoms with E-state index >= 15 is 0 Å². The van der Waals surface area contributed by atoms with Crippen molar-refractivity contribution in [3.05, 3.63) is 39.0 Å². The van der Waals surface area contributed by atoms with E-state index in [1.165, 1.54) is 0 Å². The molecule has 5 heteroatoms. The summed E-state index contributed by atoms with van der Waals surface area (Å²) in [5, 5.41) is 0. The van der Waals surface area contributed by atoms with Gasteiger partial charge in [0.25, 0.3) is 0 Å². The van der Waals surface area contributed by atoms with Crippen LogP contribution < -0.4 is 0 Å². The topological polar surface area (TPSA) is 45.8 Å². The van der Waals surface area contributed by atoms with Crippen molar-refractivity contribution in [3.8, 4) is 0 Å². The number of carbonyl (C=O) groups is 1. The lowest BCUT2D eigenvalue weighted by molar-refractivity contribution is 0.0985. The van der Waals surface area contributed by atoms with Gasteiger partial charge >= 0.3 is 0 Å². The fourth-order valence-electron chi connectivity index (χ4n) is 1.11. The minimum absolute atomic E-state index is 0.0179. The van der Waals surface area contributed by atoms with Crippen molar-refractivity contribution in [2.75, 3.05) is 0 Å². The maximum Gasteiger partial charge on any atom is 0.203 e. The number of carbonyl (C=O) groups excluding carboxylic acids is 1. The van der Waals surface area contributed by atoms with Gasteiger partial charge in [-0.05, 0) is 28.1 Å². The third kappa shape index (κ3) is 2.10. The average Bonchev–Trinajstić information content (AvgIpc) is 2.75. The average molecular weight is 271 g/mol. The van der Waals surface area contributed by atoms with Crippen molar-refractivity contribution in [1.82, 2.24) is 9.97 Å². The molecule has 2 aromatic heterocycles. The molecule has 0 bridgehead atoms. The Labute approximate surface area is 93.3 Å². The number of imidazole rings is 1. The van der Waals surface area contributed by atoms with Crippen molar-refractivity contribution in [3.63, 3.8) is 0 Å². The normalized spacial score (nSPS) is 10.4. The van der Waals surface area contributed by atoms with Crippen LogP contribution >= 0.6 is 27.3 Å². The van der Waals surface area contributed by atoms with Crippen LogP contribution in [0.1, 0.15) is 15.5 Å². The van der Waals surface area contributed by atoms with E-state index in [-0.39, 0.29) is 5.78 Å². The van der Waals surface area contributed by atoms with Crippen LogP contribution in [0.3, 0.4) is 0 Å². The molecule has 3 nitrogen and oxygen atoms in total. The van der Waals surface area contributed by atoms with Crippen LogP contribution in [0.5, 0.6) is 0 Å². The molecule has 0 amide bonds. The van der Waals surface area contributed by atoms with Crippen LogP contribution in [0.25, 0.3) is 0 Å². The van der Waals surface area contributed by atoms with Gasteiger partial charge in [0.05, 0.1) is 3.79 Å². The van der Waals surface area contributed by atoms with Gasteiger partial charge < -0.3 is 4.98 Å². The summed E-state index contributed by atoms with van der Waals surface area (Å²) >= 11 is 4.92. The van der Waals surface area contributed by atoms with Crippen LogP contribution in [-0.2, 0) is 6.42 Å². The first-order valence-electron chi connectivity index (χ1n) is 4.02. The smallest absolute Gasteiger partial charge is 0.203 e. The van der Waals surface area contributed by atoms with Gasteiger partial charge in [-0.15, -0.1) is 11.3 Å². The zero-order valence-electron chi connectivity index (χ0n) is 7.16. The Hall–Kier alpha value is -0.940. The Balaban J connectivity index is 2.09. The molecule has 0 aromatic carbocycles. The van der Waals surface area contributed by atoms with Gasteiger partial charge in [-0.1, -0.05) is 0 Å². The lowest BCUT2D eigenvalue weighted by Gasteiger charge is -1.93. The summed E-state index contributed by atoms with van der Waals surface area (Å²) in [5.41, 5.74) is 0. The molecular formula is C9H7BrN2OS. The van der Waals surface area contributed by atoms with Gasteiger partial charge in [0.2, 0.25) is 5.78 Å². The molecule has 72 valence electrons. The second-order valence-electron chi connectivity index (χ2n) is 2.74. The van der Waals surface area contributed by atoms with E-state index in [4.69, 9.17) is 0 Å². The van der Waals surface area contributed by atoms with E-state index in [0.29, 0.717) is 12.2 Å². The molecule has 1 N–H and O–H groups in total. The number of nitrogens with one attached hydrogen (secondary N) is 1. The molecule has 2 heterocycles. The molecule has 0 aliphatic rings. The molecule has 0 spiro atoms. The van der Waals surface area contributed by atoms with Gasteiger partial charge in [0.15, 0.2) is 5.82 Å². The SMILES string of the molecule is O=C(Cc1ccc(Br)s1)c1ncc[nH]1. The van der Waals surface area contributed by atoms with Gasteiger partial charge in [-0.25, -0.2) is 4.98 Å². The maximum absolute atomic E-state index is 11.6. The Bertz CT molecular complexity index is 435. The highest BCUT2D eigenvalue weighted by Gasteiger charge is 2.10. The molecule has 0 fully saturated rings. The Morgan fingerprint density at radius 2 is 2.43 bits per heavy atom. The first kappa shape index (κ1) is 9.61. The first-order chi connectivity index (χ1) is 6.75. The molecule has 0 aliphatic heterocycles. The van der Waals surface area contributed by atoms with Crippen LogP contribution in [0.4, 0.5) is 0 Å². The number of hydrogen-bond donors (Lipinski definition) is 1. The highest BCUT2D eigenvalue weighted by molar-refractivity contribution is 9.11. The van der Waals surface area contributed by atoms with Crippen molar-refractivity contribution in [2.45, 2.75) is 6.42 Å². The standard InChI is InChI=1S/C9H7BrN2OS/c10-8-2-1-6(14-8)5-7(13)9-11-3-4-12-9/h1-4H,5H2,(H,11,12). The van der Waals surface area contributed by atoms with Gasteiger partial charge in [0.1, 0.15) is 0 Å². The molecule has 2 aromatic rings. The van der Waals surface area contributed by atoms with E-state index in [9.17, 15) is 4.79 Å². The molecule has 2 rings (SSSR count). The zero-order chi connectivity index (χ0) is 9.97. The van der Waals surface area contributed by atoms with Crippen molar-refractivity contribution in [2.24, 2.45) is 0 Å². The summed E-state index contributed by atoms with van der Waals surface area (Å²) in [4.78, 5) is 19.3. The first-order valence-corrected chi connectivity index (χ1v) is 5.63. The van der Waals surface area contributed by atoms with Crippen molar-refractivity contribution >= 4 is 33.0 Å². The van der Waals surface area contributed by atoms with E-state index in [1.807, 2.05) is 12.1 Å². The highest BCUT2D eigenvalue weighted by Crippen LogP contribution is 2.22. The minimum atomic E-state index is 0.0179. The molecule has 14 heavy (non-hydrogen) atoms. The fourth-order valence-corrected chi connectivity index (χ4v) is 2.59. The summed E-state index contributed by atoms with van der Waals surface area (Å²) < 4.78 is 1.04. The van der Waals surface area contributed by atoms with Crippen LogP contribution in [0.15, 0.2) is 28.3 Å². The second-order valence-corrected chi connectivity index (χ2v) is 5.29. The third-order valence-corrected chi connectivity index (χ3v) is 3.35. The number of aromatic nitrogens is 2. The number of rotatable bonds is 3. The largest absolute Gasteiger partial charge is 0.342 e. The van der Waals surface area contributed by atoms with Gasteiger partial charge in [0, 0.05) is 23.7 Å². The lowest BCUT2D eigenvalue weighted by Crippen LogP contribution is -2.04. The van der Waals surface area contributed by atoms with Crippen LogP contribution in [0, 0.1) is 0 Å². The summed E-state index contributed by atoms with van der Waals surface area (Å²) in [6.45, 7) is 0. The molecule has 0 aliphatic carbocycles. The summed E-state index contributed by atoms with van der Waals surface area (Å²) in [5.74, 6) is 0.443. The molecule has 0 unspecified atom stereocenters. The number of H-pyrrole nitrogens is 1. The number of hydrogen-bond acceptors (Lipinski definition) is 3. The van der Waals surface area contributed by atoms with Gasteiger partial charge in [-0.2, -0.15) is 0 Å². The summed E-state index contributed by atoms with van der Waals surface area (Å²) in [6.07, 6.45) is 3.64. The predicted molar refractivity (Wildman–Crippen MR) is 58.6 cm³/mol. The van der Waals surface area contributed by atoms with Crippen LogP contribution in [0.2, 0.25) is 0 Å². The number of ketones is 1. The van der Waals surface area contributed by atoms with Gasteiger partial charge in [-0.3, -0.25) is 4.79 Å². The second kappa shape index (κ2) is 4.06. The van der Waals surface area contributed by atoms with E-state index in [1.54, 1.807) is 23.7 Å². The monoisotopic (exact) mass is 270 g/mol. The van der Waals surface area contributed by atoms with E-state index < -0.39 is 0 Å². The Morgan fingerprint density at radius 1 is 1.57 bits per heavy atom. The summed E-state index contributed by atoms with van der Waals surface area (Å²) in [6, 6.07) is 3.88.